The zero-order valence-electron chi connectivity index (χ0n) is 17.8. The second-order valence-corrected chi connectivity index (χ2v) is 7.16. The third-order valence-corrected chi connectivity index (χ3v) is 4.88. The Morgan fingerprint density at radius 1 is 1.19 bits per heavy atom. The van der Waals surface area contributed by atoms with Crippen molar-refractivity contribution in [2.45, 2.75) is 33.2 Å². The van der Waals surface area contributed by atoms with E-state index in [0.29, 0.717) is 35.9 Å². The van der Waals surface area contributed by atoms with Gasteiger partial charge in [-0.1, -0.05) is 5.16 Å². The van der Waals surface area contributed by atoms with Gasteiger partial charge in [-0.2, -0.15) is 15.2 Å². The first-order chi connectivity index (χ1) is 15.5. The van der Waals surface area contributed by atoms with Gasteiger partial charge in [0.25, 0.3) is 11.8 Å². The van der Waals surface area contributed by atoms with Gasteiger partial charge >= 0.3 is 0 Å². The summed E-state index contributed by atoms with van der Waals surface area (Å²) in [6, 6.07) is 6.06. The maximum Gasteiger partial charge on any atom is 0.276 e. The van der Waals surface area contributed by atoms with Crippen LogP contribution in [0.25, 0.3) is 17.3 Å². The van der Waals surface area contributed by atoms with Crippen LogP contribution in [0.1, 0.15) is 35.9 Å². The number of amides is 1. The number of hydrogen-bond donors (Lipinski definition) is 0. The summed E-state index contributed by atoms with van der Waals surface area (Å²) < 4.78 is 18.3. The quantitative estimate of drug-likeness (QED) is 0.434. The van der Waals surface area contributed by atoms with Gasteiger partial charge in [0.15, 0.2) is 11.5 Å². The molecular weight excluding hydrogens is 415 g/mol. The van der Waals surface area contributed by atoms with Crippen molar-refractivity contribution in [2.24, 2.45) is 0 Å². The number of aromatic nitrogens is 7. The first kappa shape index (κ1) is 21.2. The predicted octanol–water partition coefficient (Wildman–Crippen LogP) is 2.65. The SMILES string of the molecule is CCN(C(=O)c1nc(C)ccc1-n1nccn1)[C@@H](C)Cc1noc(-c2ccc(F)cn2)n1. The zero-order valence-corrected chi connectivity index (χ0v) is 17.8. The molecule has 4 aromatic rings. The largest absolute Gasteiger partial charge is 0.334 e. The average molecular weight is 436 g/mol. The molecule has 1 amide bonds. The van der Waals surface area contributed by atoms with Crippen molar-refractivity contribution in [3.8, 4) is 17.3 Å². The molecule has 0 aliphatic rings. The summed E-state index contributed by atoms with van der Waals surface area (Å²) in [4.78, 5) is 29.2. The molecule has 11 heteroatoms. The van der Waals surface area contributed by atoms with Crippen molar-refractivity contribution in [2.75, 3.05) is 6.54 Å². The van der Waals surface area contributed by atoms with E-state index >= 15 is 0 Å². The minimum atomic E-state index is -0.450. The molecule has 0 saturated carbocycles. The second kappa shape index (κ2) is 9.00. The van der Waals surface area contributed by atoms with Gasteiger partial charge in [0, 0.05) is 24.7 Å². The number of hydrogen-bond acceptors (Lipinski definition) is 8. The van der Waals surface area contributed by atoms with E-state index in [-0.39, 0.29) is 23.5 Å². The van der Waals surface area contributed by atoms with Crippen LogP contribution in [0.15, 0.2) is 47.4 Å². The summed E-state index contributed by atoms with van der Waals surface area (Å²) in [5.41, 5.74) is 1.85. The molecule has 0 fully saturated rings. The molecule has 0 N–H and O–H groups in total. The highest BCUT2D eigenvalue weighted by Gasteiger charge is 2.26. The Labute approximate surface area is 183 Å². The third-order valence-electron chi connectivity index (χ3n) is 4.88. The van der Waals surface area contributed by atoms with Crippen molar-refractivity contribution in [3.63, 3.8) is 0 Å². The van der Waals surface area contributed by atoms with E-state index in [2.05, 4.69) is 30.3 Å². The minimum Gasteiger partial charge on any atom is -0.334 e. The Balaban J connectivity index is 1.55. The lowest BCUT2D eigenvalue weighted by Crippen LogP contribution is -2.41. The Bertz CT molecular complexity index is 1210. The lowest BCUT2D eigenvalue weighted by Gasteiger charge is -2.27. The fraction of sp³-hybridized carbons (Fsp3) is 0.286. The van der Waals surface area contributed by atoms with E-state index in [1.54, 1.807) is 17.0 Å². The fourth-order valence-electron chi connectivity index (χ4n) is 3.32. The molecule has 0 radical (unpaired) electrons. The van der Waals surface area contributed by atoms with Gasteiger partial charge < -0.3 is 9.42 Å². The number of carbonyl (C=O) groups is 1. The molecular formula is C21H21FN8O2. The second-order valence-electron chi connectivity index (χ2n) is 7.16. The van der Waals surface area contributed by atoms with Gasteiger partial charge in [0.1, 0.15) is 17.2 Å². The highest BCUT2D eigenvalue weighted by Crippen LogP contribution is 2.19. The predicted molar refractivity (Wildman–Crippen MR) is 111 cm³/mol. The van der Waals surface area contributed by atoms with Crippen LogP contribution in [-0.2, 0) is 6.42 Å². The number of nitrogens with zero attached hydrogens (tertiary/aromatic N) is 8. The minimum absolute atomic E-state index is 0.189. The van der Waals surface area contributed by atoms with Crippen LogP contribution < -0.4 is 0 Å². The zero-order chi connectivity index (χ0) is 22.7. The monoisotopic (exact) mass is 436 g/mol. The summed E-state index contributed by atoms with van der Waals surface area (Å²) >= 11 is 0. The van der Waals surface area contributed by atoms with Gasteiger partial charge in [0.05, 0.1) is 18.6 Å². The number of pyridine rings is 2. The summed E-state index contributed by atoms with van der Waals surface area (Å²) in [6.45, 7) is 6.06. The van der Waals surface area contributed by atoms with E-state index in [4.69, 9.17) is 4.52 Å². The molecule has 32 heavy (non-hydrogen) atoms. The Morgan fingerprint density at radius 2 is 1.97 bits per heavy atom. The van der Waals surface area contributed by atoms with Crippen LogP contribution in [0.5, 0.6) is 0 Å². The van der Waals surface area contributed by atoms with Crippen LogP contribution in [0.3, 0.4) is 0 Å². The van der Waals surface area contributed by atoms with Crippen molar-refractivity contribution in [1.29, 1.82) is 0 Å². The standard InChI is InChI=1S/C21H21FN8O2/c1-4-29(21(31)19-17(8-5-13(2)26-19)30-24-9-10-25-30)14(3)11-18-27-20(32-28-18)16-7-6-15(22)12-23-16/h5-10,12,14H,4,11H2,1-3H3/t14-/m0/s1. The highest BCUT2D eigenvalue weighted by molar-refractivity contribution is 5.96. The molecule has 4 rings (SSSR count). The number of aryl methyl sites for hydroxylation is 1. The molecule has 1 atom stereocenters. The van der Waals surface area contributed by atoms with E-state index in [1.165, 1.54) is 29.3 Å². The third kappa shape index (κ3) is 4.36. The van der Waals surface area contributed by atoms with E-state index < -0.39 is 5.82 Å². The number of likely N-dealkylation sites (N-methyl/N-ethyl adjacent to an activating group) is 1. The molecule has 4 aromatic heterocycles. The van der Waals surface area contributed by atoms with Crippen molar-refractivity contribution >= 4 is 5.91 Å². The average Bonchev–Trinajstić information content (AvgIpc) is 3.47. The van der Waals surface area contributed by atoms with E-state index in [0.717, 1.165) is 6.20 Å². The smallest absolute Gasteiger partial charge is 0.276 e. The van der Waals surface area contributed by atoms with Crippen LogP contribution in [0.4, 0.5) is 4.39 Å². The first-order valence-electron chi connectivity index (χ1n) is 10.1. The van der Waals surface area contributed by atoms with Crippen LogP contribution in [0.2, 0.25) is 0 Å². The fourth-order valence-corrected chi connectivity index (χ4v) is 3.32. The van der Waals surface area contributed by atoms with Gasteiger partial charge in [-0.15, -0.1) is 4.80 Å². The molecule has 0 aromatic carbocycles. The Morgan fingerprint density at radius 3 is 2.66 bits per heavy atom. The Kier molecular flexibility index (Phi) is 5.97. The highest BCUT2D eigenvalue weighted by atomic mass is 19.1. The molecule has 4 heterocycles. The van der Waals surface area contributed by atoms with Gasteiger partial charge in [-0.05, 0) is 45.0 Å². The summed E-state index contributed by atoms with van der Waals surface area (Å²) in [7, 11) is 0. The molecule has 0 bridgehead atoms. The number of rotatable bonds is 7. The summed E-state index contributed by atoms with van der Waals surface area (Å²) in [6.07, 6.45) is 4.52. The number of carbonyl (C=O) groups excluding carboxylic acids is 1. The van der Waals surface area contributed by atoms with Gasteiger partial charge in [-0.25, -0.2) is 14.4 Å². The van der Waals surface area contributed by atoms with Crippen LogP contribution in [0, 0.1) is 12.7 Å². The van der Waals surface area contributed by atoms with Crippen molar-refractivity contribution in [3.05, 3.63) is 65.9 Å². The van der Waals surface area contributed by atoms with Crippen LogP contribution in [-0.4, -0.2) is 58.5 Å². The maximum absolute atomic E-state index is 13.4. The topological polar surface area (TPSA) is 116 Å². The van der Waals surface area contributed by atoms with Crippen molar-refractivity contribution in [1.82, 2.24) is 40.0 Å². The normalized spacial score (nSPS) is 12.0. The molecule has 0 saturated heterocycles. The molecule has 0 aliphatic carbocycles. The summed E-state index contributed by atoms with van der Waals surface area (Å²) in [5.74, 6) is -0.0985. The molecule has 0 aliphatic heterocycles. The van der Waals surface area contributed by atoms with Crippen LogP contribution >= 0.6 is 0 Å². The van der Waals surface area contributed by atoms with Crippen molar-refractivity contribution < 1.29 is 13.7 Å². The first-order valence-corrected chi connectivity index (χ1v) is 10.1. The summed E-state index contributed by atoms with van der Waals surface area (Å²) in [5, 5.41) is 12.2. The lowest BCUT2D eigenvalue weighted by atomic mass is 10.1. The van der Waals surface area contributed by atoms with E-state index in [9.17, 15) is 9.18 Å². The number of halogens is 1. The Hall–Kier alpha value is -4.02. The van der Waals surface area contributed by atoms with Gasteiger partial charge in [-0.3, -0.25) is 4.79 Å². The molecule has 0 unspecified atom stereocenters. The molecule has 164 valence electrons. The molecule has 10 nitrogen and oxygen atoms in total. The molecule has 0 spiro atoms. The maximum atomic E-state index is 13.4. The lowest BCUT2D eigenvalue weighted by molar-refractivity contribution is 0.0694. The van der Waals surface area contributed by atoms with E-state index in [1.807, 2.05) is 20.8 Å². The van der Waals surface area contributed by atoms with Gasteiger partial charge in [0.2, 0.25) is 0 Å².